The largest absolute Gasteiger partial charge is 0.478 e. The Hall–Kier alpha value is -3.95. The molecule has 1 fully saturated rings. The van der Waals surface area contributed by atoms with Gasteiger partial charge < -0.3 is 25.0 Å². The highest BCUT2D eigenvalue weighted by molar-refractivity contribution is 7.99. The summed E-state index contributed by atoms with van der Waals surface area (Å²) in [5.41, 5.74) is 4.64. The lowest BCUT2D eigenvalue weighted by molar-refractivity contribution is -0.255. The van der Waals surface area contributed by atoms with Gasteiger partial charge in [0.1, 0.15) is 0 Å². The monoisotopic (exact) mass is 765 g/mol. The molecule has 0 aliphatic carbocycles. The molecule has 1 unspecified atom stereocenters. The van der Waals surface area contributed by atoms with Crippen molar-refractivity contribution in [3.05, 3.63) is 131 Å². The van der Waals surface area contributed by atoms with Gasteiger partial charge >= 0.3 is 5.97 Å². The van der Waals surface area contributed by atoms with E-state index in [1.807, 2.05) is 78.9 Å². The van der Waals surface area contributed by atoms with Crippen LogP contribution >= 0.6 is 11.8 Å². The number of amides is 1. The van der Waals surface area contributed by atoms with Gasteiger partial charge in [0, 0.05) is 34.2 Å². The molecule has 55 heavy (non-hydrogen) atoms. The van der Waals surface area contributed by atoms with Crippen molar-refractivity contribution in [2.24, 2.45) is 0 Å². The van der Waals surface area contributed by atoms with Crippen molar-refractivity contribution in [3.63, 3.8) is 0 Å². The molecule has 0 radical (unpaired) electrons. The van der Waals surface area contributed by atoms with Crippen LogP contribution in [0.25, 0.3) is 0 Å². The smallest absolute Gasteiger partial charge is 0.335 e. The zero-order valence-electron chi connectivity index (χ0n) is 32.4. The first-order valence-corrected chi connectivity index (χ1v) is 21.3. The second kappa shape index (κ2) is 23.2. The molecular formula is C47H59NO6S. The molecule has 4 aromatic carbocycles. The minimum absolute atomic E-state index is 0.0138. The summed E-state index contributed by atoms with van der Waals surface area (Å²) in [6.45, 7) is 2.22. The number of benzene rings is 4. The van der Waals surface area contributed by atoms with Crippen LogP contribution in [-0.2, 0) is 20.9 Å². The van der Waals surface area contributed by atoms with Gasteiger partial charge in [-0.15, -0.1) is 11.8 Å². The summed E-state index contributed by atoms with van der Waals surface area (Å²) in [4.78, 5) is 25.4. The number of aliphatic hydroxyl groups is 1. The Morgan fingerprint density at radius 1 is 0.673 bits per heavy atom. The van der Waals surface area contributed by atoms with Gasteiger partial charge in [0.05, 0.1) is 24.4 Å². The van der Waals surface area contributed by atoms with Crippen LogP contribution in [0.4, 0.5) is 5.69 Å². The molecule has 7 nitrogen and oxygen atoms in total. The van der Waals surface area contributed by atoms with Crippen molar-refractivity contribution in [3.8, 4) is 0 Å². The van der Waals surface area contributed by atoms with Crippen LogP contribution in [0.15, 0.2) is 108 Å². The van der Waals surface area contributed by atoms with Gasteiger partial charge in [-0.3, -0.25) is 4.79 Å². The highest BCUT2D eigenvalue weighted by Crippen LogP contribution is 2.48. The highest BCUT2D eigenvalue weighted by atomic mass is 32.2. The van der Waals surface area contributed by atoms with Gasteiger partial charge in [0.15, 0.2) is 6.29 Å². The molecule has 1 saturated heterocycles. The third-order valence-corrected chi connectivity index (χ3v) is 11.5. The Bertz CT molecular complexity index is 1710. The van der Waals surface area contributed by atoms with E-state index in [4.69, 9.17) is 9.47 Å². The first kappa shape index (κ1) is 42.2. The van der Waals surface area contributed by atoms with Gasteiger partial charge in [-0.05, 0) is 59.5 Å². The van der Waals surface area contributed by atoms with Gasteiger partial charge in [-0.2, -0.15) is 0 Å². The van der Waals surface area contributed by atoms with Gasteiger partial charge in [0.25, 0.3) is 0 Å². The van der Waals surface area contributed by atoms with Crippen molar-refractivity contribution >= 4 is 29.3 Å². The Balaban J connectivity index is 1.22. The Labute approximate surface area is 332 Å². The predicted molar refractivity (Wildman–Crippen MR) is 222 cm³/mol. The molecule has 3 N–H and O–H groups in total. The minimum atomic E-state index is -0.954. The second-order valence-corrected chi connectivity index (χ2v) is 15.8. The number of hydrogen-bond donors (Lipinski definition) is 3. The molecule has 0 bridgehead atoms. The number of carboxylic acids is 1. The summed E-state index contributed by atoms with van der Waals surface area (Å²) in [5.74, 6) is -0.511. The average Bonchev–Trinajstić information content (AvgIpc) is 3.22. The molecule has 1 aliphatic heterocycles. The number of rotatable bonds is 23. The lowest BCUT2D eigenvalue weighted by Gasteiger charge is -2.43. The first-order chi connectivity index (χ1) is 26.9. The number of anilines is 1. The van der Waals surface area contributed by atoms with Crippen molar-refractivity contribution in [1.82, 2.24) is 0 Å². The number of aromatic carboxylic acids is 1. The molecule has 8 heteroatoms. The fourth-order valence-corrected chi connectivity index (χ4v) is 8.28. The summed E-state index contributed by atoms with van der Waals surface area (Å²) in [6.07, 6.45) is 15.6. The van der Waals surface area contributed by atoms with E-state index in [0.717, 1.165) is 40.0 Å². The SMILES string of the molecule is CCCCCCCCCCCCCCCC(=O)Nc1cccc(C2O[C@H](CSc3ccc(C(=O)O)cc3)[C@@H](c3ccccc3)[C@H](c3ccc(CO)cc3)O2)c1. The van der Waals surface area contributed by atoms with Crippen LogP contribution in [0.1, 0.15) is 148 Å². The van der Waals surface area contributed by atoms with E-state index < -0.39 is 12.3 Å². The molecule has 5 rings (SSSR count). The average molecular weight is 766 g/mol. The lowest BCUT2D eigenvalue weighted by Crippen LogP contribution is -2.38. The first-order valence-electron chi connectivity index (χ1n) is 20.4. The van der Waals surface area contributed by atoms with Crippen molar-refractivity contribution < 1.29 is 29.3 Å². The molecule has 4 atom stereocenters. The normalized spacial score (nSPS) is 18.2. The summed E-state index contributed by atoms with van der Waals surface area (Å²) >= 11 is 1.61. The van der Waals surface area contributed by atoms with E-state index in [0.29, 0.717) is 17.9 Å². The zero-order chi connectivity index (χ0) is 38.7. The summed E-state index contributed by atoms with van der Waals surface area (Å²) in [7, 11) is 0. The Morgan fingerprint density at radius 2 is 1.29 bits per heavy atom. The molecule has 0 saturated carbocycles. The molecule has 1 amide bonds. The van der Waals surface area contributed by atoms with E-state index in [1.54, 1.807) is 23.9 Å². The molecule has 4 aromatic rings. The number of thioether (sulfide) groups is 1. The third-order valence-electron chi connectivity index (χ3n) is 10.4. The quantitative estimate of drug-likeness (QED) is 0.0510. The summed E-state index contributed by atoms with van der Waals surface area (Å²) < 4.78 is 13.7. The fourth-order valence-electron chi connectivity index (χ4n) is 7.31. The molecular weight excluding hydrogens is 707 g/mol. The van der Waals surface area contributed by atoms with Gasteiger partial charge in [0.2, 0.25) is 5.91 Å². The highest BCUT2D eigenvalue weighted by Gasteiger charge is 2.42. The van der Waals surface area contributed by atoms with Crippen molar-refractivity contribution in [1.29, 1.82) is 0 Å². The lowest BCUT2D eigenvalue weighted by atomic mass is 9.84. The number of aliphatic hydroxyl groups excluding tert-OH is 1. The molecule has 1 aliphatic rings. The number of nitrogens with one attached hydrogen (secondary N) is 1. The number of unbranched alkanes of at least 4 members (excludes halogenated alkanes) is 12. The molecule has 0 spiro atoms. The van der Waals surface area contributed by atoms with E-state index in [9.17, 15) is 19.8 Å². The third kappa shape index (κ3) is 13.6. The predicted octanol–water partition coefficient (Wildman–Crippen LogP) is 12.0. The van der Waals surface area contributed by atoms with Gasteiger partial charge in [-0.1, -0.05) is 151 Å². The zero-order valence-corrected chi connectivity index (χ0v) is 33.2. The van der Waals surface area contributed by atoms with Gasteiger partial charge in [-0.25, -0.2) is 4.79 Å². The van der Waals surface area contributed by atoms with Crippen LogP contribution in [0, 0.1) is 0 Å². The second-order valence-electron chi connectivity index (χ2n) is 14.7. The topological polar surface area (TPSA) is 105 Å². The number of carbonyl (C=O) groups is 2. The van der Waals surface area contributed by atoms with E-state index in [2.05, 4.69) is 24.4 Å². The van der Waals surface area contributed by atoms with Crippen LogP contribution in [0.3, 0.4) is 0 Å². The fraction of sp³-hybridized carbons (Fsp3) is 0.447. The standard InChI is InChI=1S/C47H59NO6S/c1-2-3-4-5-6-7-8-9-10-11-12-13-17-23-43(50)48-40-22-18-21-39(32-40)47-53-42(34-55-41-30-28-38(29-31-41)46(51)52)44(36-19-15-14-16-20-36)45(54-47)37-26-24-35(33-49)25-27-37/h14-16,18-22,24-32,42,44-45,47,49H,2-13,17,23,33-34H2,1H3,(H,48,50)(H,51,52)/t42-,44-,45+,47?/m1/s1. The number of ether oxygens (including phenoxy) is 2. The van der Waals surface area contributed by atoms with E-state index in [-0.39, 0.29) is 36.2 Å². The number of carboxylic acid groups (broad SMARTS) is 1. The summed E-state index contributed by atoms with van der Waals surface area (Å²) in [5, 5.41) is 22.2. The molecule has 1 heterocycles. The summed E-state index contributed by atoms with van der Waals surface area (Å²) in [6, 6.07) is 32.7. The number of hydrogen-bond acceptors (Lipinski definition) is 6. The molecule has 294 valence electrons. The van der Waals surface area contributed by atoms with E-state index in [1.165, 1.54) is 70.6 Å². The Kier molecular flexibility index (Phi) is 17.8. The van der Waals surface area contributed by atoms with Crippen LogP contribution in [0.5, 0.6) is 0 Å². The van der Waals surface area contributed by atoms with Crippen molar-refractivity contribution in [2.45, 2.75) is 133 Å². The van der Waals surface area contributed by atoms with Crippen LogP contribution in [0.2, 0.25) is 0 Å². The number of carbonyl (C=O) groups excluding carboxylic acids is 1. The van der Waals surface area contributed by atoms with Crippen LogP contribution < -0.4 is 5.32 Å². The maximum Gasteiger partial charge on any atom is 0.335 e. The van der Waals surface area contributed by atoms with Crippen molar-refractivity contribution in [2.75, 3.05) is 11.1 Å². The molecule has 0 aromatic heterocycles. The Morgan fingerprint density at radius 3 is 1.91 bits per heavy atom. The minimum Gasteiger partial charge on any atom is -0.478 e. The maximum absolute atomic E-state index is 13.0. The maximum atomic E-state index is 13.0. The van der Waals surface area contributed by atoms with Crippen LogP contribution in [-0.4, -0.2) is 33.9 Å². The van der Waals surface area contributed by atoms with E-state index >= 15 is 0 Å².